The number of nitrogens with two attached hydrogens (primary N) is 1. The highest BCUT2D eigenvalue weighted by molar-refractivity contribution is 7.86. The first-order valence-corrected chi connectivity index (χ1v) is 7.88. The molecule has 0 saturated carbocycles. The van der Waals surface area contributed by atoms with Crippen LogP contribution in [0.5, 0.6) is 0 Å². The first kappa shape index (κ1) is 17.7. The zero-order valence-corrected chi connectivity index (χ0v) is 13.6. The van der Waals surface area contributed by atoms with Gasteiger partial charge < -0.3 is 5.73 Å². The normalized spacial score (nSPS) is 20.1. The Morgan fingerprint density at radius 3 is 2.50 bits per heavy atom. The van der Waals surface area contributed by atoms with Crippen molar-refractivity contribution in [2.45, 2.75) is 19.0 Å². The highest BCUT2D eigenvalue weighted by Gasteiger charge is 2.32. The highest BCUT2D eigenvalue weighted by Crippen LogP contribution is 2.18. The molecule has 0 bridgehead atoms. The number of benzene rings is 1. The molecule has 0 aliphatic carbocycles. The smallest absolute Gasteiger partial charge is 0.282 e. The van der Waals surface area contributed by atoms with Crippen molar-refractivity contribution in [3.8, 4) is 0 Å². The van der Waals surface area contributed by atoms with E-state index in [2.05, 4.69) is 0 Å². The second-order valence-electron chi connectivity index (χ2n) is 4.80. The van der Waals surface area contributed by atoms with Gasteiger partial charge in [0.1, 0.15) is 0 Å². The van der Waals surface area contributed by atoms with E-state index in [4.69, 9.17) is 17.3 Å². The Morgan fingerprint density at radius 2 is 2.00 bits per heavy atom. The first-order chi connectivity index (χ1) is 8.89. The lowest BCUT2D eigenvalue weighted by Crippen LogP contribution is -2.41. The number of hydrogen-bond acceptors (Lipinski definition) is 3. The predicted molar refractivity (Wildman–Crippen MR) is 83.3 cm³/mol. The molecule has 1 saturated heterocycles. The van der Waals surface area contributed by atoms with E-state index in [0.717, 1.165) is 5.56 Å². The topological polar surface area (TPSA) is 66.6 Å². The Balaban J connectivity index is 0.00000200. The molecule has 1 aromatic rings. The summed E-state index contributed by atoms with van der Waals surface area (Å²) in [6, 6.07) is 7.10. The summed E-state index contributed by atoms with van der Waals surface area (Å²) in [5, 5.41) is 0.639. The van der Waals surface area contributed by atoms with Gasteiger partial charge in [0.25, 0.3) is 10.2 Å². The van der Waals surface area contributed by atoms with Crippen LogP contribution in [0.15, 0.2) is 24.3 Å². The van der Waals surface area contributed by atoms with Gasteiger partial charge in [-0.2, -0.15) is 17.0 Å². The quantitative estimate of drug-likeness (QED) is 0.903. The Labute approximate surface area is 131 Å². The maximum atomic E-state index is 12.3. The van der Waals surface area contributed by atoms with E-state index >= 15 is 0 Å². The van der Waals surface area contributed by atoms with E-state index < -0.39 is 10.2 Å². The fraction of sp³-hybridized carbons (Fsp3) is 0.500. The molecule has 2 N–H and O–H groups in total. The van der Waals surface area contributed by atoms with Crippen molar-refractivity contribution >= 4 is 34.2 Å². The number of halogens is 2. The van der Waals surface area contributed by atoms with Crippen LogP contribution in [0.1, 0.15) is 12.0 Å². The van der Waals surface area contributed by atoms with E-state index in [1.165, 1.54) is 8.61 Å². The summed E-state index contributed by atoms with van der Waals surface area (Å²) in [4.78, 5) is 0. The van der Waals surface area contributed by atoms with Crippen LogP contribution in [0.3, 0.4) is 0 Å². The van der Waals surface area contributed by atoms with Crippen molar-refractivity contribution < 1.29 is 8.42 Å². The molecule has 0 amide bonds. The van der Waals surface area contributed by atoms with Crippen molar-refractivity contribution in [2.75, 3.05) is 20.1 Å². The van der Waals surface area contributed by atoms with Gasteiger partial charge in [0.2, 0.25) is 0 Å². The summed E-state index contributed by atoms with van der Waals surface area (Å²) in [6.45, 7) is 1.22. The lowest BCUT2D eigenvalue weighted by atomic mass is 10.2. The van der Waals surface area contributed by atoms with E-state index in [1.54, 1.807) is 19.2 Å². The van der Waals surface area contributed by atoms with Crippen LogP contribution in [0.25, 0.3) is 0 Å². The van der Waals surface area contributed by atoms with E-state index in [1.807, 2.05) is 12.1 Å². The number of nitrogens with zero attached hydrogens (tertiary/aromatic N) is 2. The minimum Gasteiger partial charge on any atom is -0.326 e. The second kappa shape index (κ2) is 7.06. The molecule has 1 unspecified atom stereocenters. The minimum absolute atomic E-state index is 0. The van der Waals surface area contributed by atoms with Gasteiger partial charge in [0.15, 0.2) is 0 Å². The fourth-order valence-electron chi connectivity index (χ4n) is 2.09. The summed E-state index contributed by atoms with van der Waals surface area (Å²) in [6.07, 6.45) is 0.716. The zero-order valence-electron chi connectivity index (χ0n) is 11.2. The Morgan fingerprint density at radius 1 is 1.40 bits per heavy atom. The molecule has 1 atom stereocenters. The second-order valence-corrected chi connectivity index (χ2v) is 7.27. The predicted octanol–water partition coefficient (Wildman–Crippen LogP) is 1.47. The monoisotopic (exact) mass is 339 g/mol. The van der Waals surface area contributed by atoms with Crippen molar-refractivity contribution in [2.24, 2.45) is 5.73 Å². The van der Waals surface area contributed by atoms with Gasteiger partial charge in [0, 0.05) is 37.7 Å². The third kappa shape index (κ3) is 4.07. The van der Waals surface area contributed by atoms with Crippen LogP contribution in [0.4, 0.5) is 0 Å². The molecule has 1 aliphatic rings. The summed E-state index contributed by atoms with van der Waals surface area (Å²) < 4.78 is 27.4. The highest BCUT2D eigenvalue weighted by atomic mass is 35.5. The van der Waals surface area contributed by atoms with Crippen LogP contribution >= 0.6 is 24.0 Å². The fourth-order valence-corrected chi connectivity index (χ4v) is 3.64. The van der Waals surface area contributed by atoms with Crippen molar-refractivity contribution in [1.29, 1.82) is 0 Å². The van der Waals surface area contributed by atoms with Gasteiger partial charge in [-0.1, -0.05) is 23.7 Å². The van der Waals surface area contributed by atoms with Gasteiger partial charge in [-0.15, -0.1) is 12.4 Å². The molecule has 8 heteroatoms. The lowest BCUT2D eigenvalue weighted by molar-refractivity contribution is 0.389. The zero-order chi connectivity index (χ0) is 14.0. The third-order valence-electron chi connectivity index (χ3n) is 3.23. The lowest BCUT2D eigenvalue weighted by Gasteiger charge is -2.24. The Kier molecular flexibility index (Phi) is 6.25. The summed E-state index contributed by atoms with van der Waals surface area (Å²) >= 11 is 5.80. The molecule has 1 aromatic carbocycles. The van der Waals surface area contributed by atoms with Gasteiger partial charge in [-0.3, -0.25) is 0 Å². The average molecular weight is 340 g/mol. The molecule has 1 aliphatic heterocycles. The maximum absolute atomic E-state index is 12.3. The molecule has 0 radical (unpaired) electrons. The van der Waals surface area contributed by atoms with Crippen LogP contribution in [0, 0.1) is 0 Å². The van der Waals surface area contributed by atoms with E-state index in [9.17, 15) is 8.42 Å². The van der Waals surface area contributed by atoms with Gasteiger partial charge in [-0.25, -0.2) is 0 Å². The van der Waals surface area contributed by atoms with E-state index in [-0.39, 0.29) is 18.4 Å². The molecule has 2 rings (SSSR count). The van der Waals surface area contributed by atoms with Crippen molar-refractivity contribution in [3.63, 3.8) is 0 Å². The Hall–Kier alpha value is -0.370. The molecule has 114 valence electrons. The summed E-state index contributed by atoms with van der Waals surface area (Å²) in [7, 11) is -1.85. The van der Waals surface area contributed by atoms with Crippen LogP contribution in [0.2, 0.25) is 5.02 Å². The SMILES string of the molecule is CN(Cc1ccc(Cl)cc1)S(=O)(=O)N1CCC(N)C1.Cl. The van der Waals surface area contributed by atoms with Crippen molar-refractivity contribution in [1.82, 2.24) is 8.61 Å². The van der Waals surface area contributed by atoms with Gasteiger partial charge in [0.05, 0.1) is 0 Å². The van der Waals surface area contributed by atoms with Gasteiger partial charge >= 0.3 is 0 Å². The minimum atomic E-state index is -3.43. The molecule has 0 aromatic heterocycles. The molecule has 5 nitrogen and oxygen atoms in total. The van der Waals surface area contributed by atoms with Gasteiger partial charge in [-0.05, 0) is 24.1 Å². The van der Waals surface area contributed by atoms with Crippen LogP contribution in [-0.2, 0) is 16.8 Å². The largest absolute Gasteiger partial charge is 0.326 e. The molecular formula is C12H19Cl2N3O2S. The third-order valence-corrected chi connectivity index (χ3v) is 5.38. The van der Waals surface area contributed by atoms with Crippen LogP contribution in [-0.4, -0.2) is 43.2 Å². The molecule has 0 spiro atoms. The molecule has 1 fully saturated rings. The molecule has 20 heavy (non-hydrogen) atoms. The number of rotatable bonds is 4. The maximum Gasteiger partial charge on any atom is 0.282 e. The number of hydrogen-bond donors (Lipinski definition) is 1. The Bertz CT molecular complexity index is 536. The summed E-state index contributed by atoms with van der Waals surface area (Å²) in [5.74, 6) is 0. The first-order valence-electron chi connectivity index (χ1n) is 6.11. The summed E-state index contributed by atoms with van der Waals surface area (Å²) in [5.41, 5.74) is 6.65. The molecule has 1 heterocycles. The van der Waals surface area contributed by atoms with Crippen molar-refractivity contribution in [3.05, 3.63) is 34.9 Å². The van der Waals surface area contributed by atoms with E-state index in [0.29, 0.717) is 31.1 Å². The van der Waals surface area contributed by atoms with Crippen LogP contribution < -0.4 is 5.73 Å². The molecular weight excluding hydrogens is 321 g/mol. The average Bonchev–Trinajstić information content (AvgIpc) is 2.79. The standard InChI is InChI=1S/C12H18ClN3O2S.ClH/c1-15(8-10-2-4-11(13)5-3-10)19(17,18)16-7-6-12(14)9-16;/h2-5,12H,6-9,14H2,1H3;1H.